The Morgan fingerprint density at radius 3 is 2.48 bits per heavy atom. The smallest absolute Gasteiger partial charge is 0.306 e. The number of hydrogen-bond acceptors (Lipinski definition) is 6. The van der Waals surface area contributed by atoms with Gasteiger partial charge in [-0.1, -0.05) is 18.2 Å². The van der Waals surface area contributed by atoms with Gasteiger partial charge in [0.05, 0.1) is 19.9 Å². The van der Waals surface area contributed by atoms with E-state index in [0.29, 0.717) is 23.6 Å². The monoisotopic (exact) mass is 389 g/mol. The molecule has 0 spiro atoms. The van der Waals surface area contributed by atoms with E-state index in [-0.39, 0.29) is 18.9 Å². The van der Waals surface area contributed by atoms with Crippen LogP contribution >= 0.6 is 11.8 Å². The van der Waals surface area contributed by atoms with Gasteiger partial charge in [-0.05, 0) is 42.5 Å². The van der Waals surface area contributed by atoms with Gasteiger partial charge in [0.15, 0.2) is 18.1 Å². The van der Waals surface area contributed by atoms with Crippen LogP contribution in [0.3, 0.4) is 0 Å². The van der Waals surface area contributed by atoms with Gasteiger partial charge in [-0.25, -0.2) is 0 Å². The topological polar surface area (TPSA) is 73.9 Å². The number of aryl methyl sites for hydroxylation is 1. The van der Waals surface area contributed by atoms with E-state index in [9.17, 15) is 9.59 Å². The molecule has 0 aliphatic heterocycles. The van der Waals surface area contributed by atoms with Crippen LogP contribution < -0.4 is 14.8 Å². The summed E-state index contributed by atoms with van der Waals surface area (Å²) in [6.45, 7) is -0.312. The molecule has 0 bridgehead atoms. The molecule has 2 rings (SSSR count). The fourth-order valence-corrected chi connectivity index (χ4v) is 2.99. The van der Waals surface area contributed by atoms with Crippen molar-refractivity contribution in [2.24, 2.45) is 0 Å². The van der Waals surface area contributed by atoms with E-state index in [0.717, 1.165) is 10.5 Å². The first-order valence-electron chi connectivity index (χ1n) is 8.36. The Kier molecular flexibility index (Phi) is 8.00. The predicted molar refractivity (Wildman–Crippen MR) is 106 cm³/mol. The van der Waals surface area contributed by atoms with Gasteiger partial charge in [0.2, 0.25) is 0 Å². The number of carbonyl (C=O) groups excluding carboxylic acids is 2. The van der Waals surface area contributed by atoms with Gasteiger partial charge in [0.25, 0.3) is 5.91 Å². The number of para-hydroxylation sites is 1. The number of ether oxygens (including phenoxy) is 3. The number of esters is 1. The van der Waals surface area contributed by atoms with Gasteiger partial charge in [0, 0.05) is 11.3 Å². The molecule has 144 valence electrons. The molecule has 0 saturated heterocycles. The quantitative estimate of drug-likeness (QED) is 0.522. The molecule has 0 heterocycles. The highest BCUT2D eigenvalue weighted by Gasteiger charge is 2.11. The van der Waals surface area contributed by atoms with Crippen LogP contribution in [0.1, 0.15) is 12.0 Å². The molecular weight excluding hydrogens is 366 g/mol. The number of methoxy groups -OCH3 is 2. The number of rotatable bonds is 9. The summed E-state index contributed by atoms with van der Waals surface area (Å²) in [5.74, 6) is 0.440. The number of anilines is 1. The maximum Gasteiger partial charge on any atom is 0.306 e. The third kappa shape index (κ3) is 6.21. The molecule has 6 nitrogen and oxygen atoms in total. The van der Waals surface area contributed by atoms with Gasteiger partial charge in [-0.3, -0.25) is 9.59 Å². The summed E-state index contributed by atoms with van der Waals surface area (Å²) in [5.41, 5.74) is 1.62. The van der Waals surface area contributed by atoms with Crippen LogP contribution in [0.25, 0.3) is 0 Å². The zero-order chi connectivity index (χ0) is 19.6. The number of nitrogens with one attached hydrogen (secondary N) is 1. The Bertz CT molecular complexity index is 794. The fourth-order valence-electron chi connectivity index (χ4n) is 2.43. The lowest BCUT2D eigenvalue weighted by Gasteiger charge is -2.10. The predicted octanol–water partition coefficient (Wildman–Crippen LogP) is 3.54. The molecule has 1 N–H and O–H groups in total. The second-order valence-corrected chi connectivity index (χ2v) is 6.45. The average Bonchev–Trinajstić information content (AvgIpc) is 2.70. The van der Waals surface area contributed by atoms with Gasteiger partial charge in [0.1, 0.15) is 0 Å². The molecule has 27 heavy (non-hydrogen) atoms. The van der Waals surface area contributed by atoms with Crippen molar-refractivity contribution in [1.82, 2.24) is 0 Å². The Hall–Kier alpha value is -2.67. The Morgan fingerprint density at radius 2 is 1.78 bits per heavy atom. The SMILES string of the molecule is COc1ccc(CCC(=O)OCC(=O)Nc2ccccc2SC)cc1OC. The van der Waals surface area contributed by atoms with Crippen molar-refractivity contribution in [3.8, 4) is 11.5 Å². The van der Waals surface area contributed by atoms with E-state index >= 15 is 0 Å². The van der Waals surface area contributed by atoms with Crippen LogP contribution in [0.4, 0.5) is 5.69 Å². The van der Waals surface area contributed by atoms with Gasteiger partial charge >= 0.3 is 5.97 Å². The number of carbonyl (C=O) groups is 2. The maximum absolute atomic E-state index is 12.0. The summed E-state index contributed by atoms with van der Waals surface area (Å²) < 4.78 is 15.5. The summed E-state index contributed by atoms with van der Waals surface area (Å²) in [7, 11) is 3.13. The molecule has 0 aliphatic carbocycles. The maximum atomic E-state index is 12.0. The van der Waals surface area contributed by atoms with E-state index in [1.807, 2.05) is 42.7 Å². The summed E-state index contributed by atoms with van der Waals surface area (Å²) in [6.07, 6.45) is 2.58. The van der Waals surface area contributed by atoms with Crippen molar-refractivity contribution in [3.05, 3.63) is 48.0 Å². The van der Waals surface area contributed by atoms with E-state index in [4.69, 9.17) is 14.2 Å². The number of benzene rings is 2. The summed E-state index contributed by atoms with van der Waals surface area (Å²) >= 11 is 1.53. The minimum Gasteiger partial charge on any atom is -0.493 e. The molecule has 0 unspecified atom stereocenters. The highest BCUT2D eigenvalue weighted by atomic mass is 32.2. The van der Waals surface area contributed by atoms with Crippen LogP contribution in [0, 0.1) is 0 Å². The zero-order valence-corrected chi connectivity index (χ0v) is 16.4. The van der Waals surface area contributed by atoms with Crippen LogP contribution in [-0.4, -0.2) is 39.0 Å². The molecule has 0 radical (unpaired) electrons. The van der Waals surface area contributed by atoms with E-state index in [1.165, 1.54) is 11.8 Å². The van der Waals surface area contributed by atoms with Crippen LogP contribution in [-0.2, 0) is 20.7 Å². The molecular formula is C20H23NO5S. The van der Waals surface area contributed by atoms with Crippen molar-refractivity contribution in [3.63, 3.8) is 0 Å². The highest BCUT2D eigenvalue weighted by Crippen LogP contribution is 2.28. The summed E-state index contributed by atoms with van der Waals surface area (Å²) in [5, 5.41) is 2.75. The Labute approximate surface area is 163 Å². The van der Waals surface area contributed by atoms with Crippen molar-refractivity contribution in [1.29, 1.82) is 0 Å². The van der Waals surface area contributed by atoms with Crippen molar-refractivity contribution < 1.29 is 23.8 Å². The molecule has 2 aromatic rings. The number of hydrogen-bond donors (Lipinski definition) is 1. The van der Waals surface area contributed by atoms with Gasteiger partial charge < -0.3 is 19.5 Å². The first kappa shape index (κ1) is 20.6. The average molecular weight is 389 g/mol. The molecule has 7 heteroatoms. The lowest BCUT2D eigenvalue weighted by Crippen LogP contribution is -2.21. The first-order valence-corrected chi connectivity index (χ1v) is 9.59. The normalized spacial score (nSPS) is 10.2. The molecule has 0 fully saturated rings. The first-order chi connectivity index (χ1) is 13.1. The fraction of sp³-hybridized carbons (Fsp3) is 0.300. The van der Waals surface area contributed by atoms with Crippen molar-refractivity contribution in [2.45, 2.75) is 17.7 Å². The van der Waals surface area contributed by atoms with E-state index in [1.54, 1.807) is 20.3 Å². The van der Waals surface area contributed by atoms with E-state index in [2.05, 4.69) is 5.32 Å². The number of amides is 1. The minimum atomic E-state index is -0.432. The summed E-state index contributed by atoms with van der Waals surface area (Å²) in [6, 6.07) is 12.9. The van der Waals surface area contributed by atoms with Crippen LogP contribution in [0.15, 0.2) is 47.4 Å². The lowest BCUT2D eigenvalue weighted by molar-refractivity contribution is -0.147. The van der Waals surface area contributed by atoms with Crippen LogP contribution in [0.2, 0.25) is 0 Å². The second-order valence-electron chi connectivity index (χ2n) is 5.60. The highest BCUT2D eigenvalue weighted by molar-refractivity contribution is 7.98. The molecule has 0 aliphatic rings. The molecule has 1 amide bonds. The zero-order valence-electron chi connectivity index (χ0n) is 15.6. The third-order valence-electron chi connectivity index (χ3n) is 3.81. The van der Waals surface area contributed by atoms with Crippen molar-refractivity contribution in [2.75, 3.05) is 32.4 Å². The van der Waals surface area contributed by atoms with Crippen molar-refractivity contribution >= 4 is 29.3 Å². The Balaban J connectivity index is 1.80. The lowest BCUT2D eigenvalue weighted by atomic mass is 10.1. The Morgan fingerprint density at radius 1 is 1.04 bits per heavy atom. The van der Waals surface area contributed by atoms with Crippen LogP contribution in [0.5, 0.6) is 11.5 Å². The van der Waals surface area contributed by atoms with E-state index < -0.39 is 5.97 Å². The molecule has 2 aromatic carbocycles. The largest absolute Gasteiger partial charge is 0.493 e. The van der Waals surface area contributed by atoms with Gasteiger partial charge in [-0.15, -0.1) is 11.8 Å². The third-order valence-corrected chi connectivity index (χ3v) is 4.61. The summed E-state index contributed by atoms with van der Waals surface area (Å²) in [4.78, 5) is 24.8. The minimum absolute atomic E-state index is 0.171. The second kappa shape index (κ2) is 10.5. The van der Waals surface area contributed by atoms with Gasteiger partial charge in [-0.2, -0.15) is 0 Å². The molecule has 0 atom stereocenters. The molecule has 0 saturated carbocycles. The molecule has 0 aromatic heterocycles. The standard InChI is InChI=1S/C20H23NO5S/c1-24-16-10-8-14(12-17(16)25-2)9-11-20(23)26-13-19(22)21-15-6-4-5-7-18(15)27-3/h4-8,10,12H,9,11,13H2,1-3H3,(H,21,22). The number of thioether (sulfide) groups is 1.